The van der Waals surface area contributed by atoms with Crippen molar-refractivity contribution in [2.75, 3.05) is 0 Å². The first-order valence-electron chi connectivity index (χ1n) is 5.59. The minimum Gasteiger partial charge on any atom is -0.327 e. The SMILES string of the molecule is Cn1c(C2CCCCC2N)cc(=O)n1C. The number of nitrogens with zero attached hydrogens (tertiary/aromatic N) is 2. The van der Waals surface area contributed by atoms with Crippen molar-refractivity contribution >= 4 is 0 Å². The van der Waals surface area contributed by atoms with E-state index < -0.39 is 0 Å². The molecule has 2 rings (SSSR count). The first kappa shape index (κ1) is 10.5. The third-order valence-electron chi connectivity index (χ3n) is 3.61. The van der Waals surface area contributed by atoms with E-state index in [0.717, 1.165) is 18.5 Å². The highest BCUT2D eigenvalue weighted by Crippen LogP contribution is 2.30. The minimum absolute atomic E-state index is 0.0604. The van der Waals surface area contributed by atoms with Gasteiger partial charge in [0.15, 0.2) is 0 Å². The fourth-order valence-electron chi connectivity index (χ4n) is 2.51. The molecule has 0 aliphatic heterocycles. The molecule has 4 heteroatoms. The molecule has 0 spiro atoms. The molecule has 1 saturated carbocycles. The minimum atomic E-state index is 0.0604. The van der Waals surface area contributed by atoms with Crippen molar-refractivity contribution in [2.24, 2.45) is 19.8 Å². The van der Waals surface area contributed by atoms with Crippen LogP contribution < -0.4 is 11.3 Å². The summed E-state index contributed by atoms with van der Waals surface area (Å²) in [5.41, 5.74) is 7.27. The Kier molecular flexibility index (Phi) is 2.69. The maximum absolute atomic E-state index is 11.5. The van der Waals surface area contributed by atoms with E-state index in [0.29, 0.717) is 5.92 Å². The summed E-state index contributed by atoms with van der Waals surface area (Å²) in [6.45, 7) is 0. The van der Waals surface area contributed by atoms with E-state index in [2.05, 4.69) is 0 Å². The van der Waals surface area contributed by atoms with E-state index in [1.807, 2.05) is 11.7 Å². The van der Waals surface area contributed by atoms with Gasteiger partial charge in [-0.1, -0.05) is 12.8 Å². The highest BCUT2D eigenvalue weighted by Gasteiger charge is 2.26. The van der Waals surface area contributed by atoms with Gasteiger partial charge in [0.05, 0.1) is 0 Å². The Morgan fingerprint density at radius 2 is 1.93 bits per heavy atom. The van der Waals surface area contributed by atoms with Crippen LogP contribution in [0, 0.1) is 0 Å². The van der Waals surface area contributed by atoms with Gasteiger partial charge in [-0.3, -0.25) is 14.2 Å². The van der Waals surface area contributed by atoms with E-state index >= 15 is 0 Å². The van der Waals surface area contributed by atoms with Crippen LogP contribution in [0.2, 0.25) is 0 Å². The summed E-state index contributed by atoms with van der Waals surface area (Å²) in [7, 11) is 3.72. The van der Waals surface area contributed by atoms with Crippen LogP contribution in [-0.4, -0.2) is 15.4 Å². The lowest BCUT2D eigenvalue weighted by atomic mass is 9.83. The van der Waals surface area contributed by atoms with Crippen molar-refractivity contribution in [3.05, 3.63) is 22.1 Å². The van der Waals surface area contributed by atoms with Gasteiger partial charge in [0.2, 0.25) is 0 Å². The van der Waals surface area contributed by atoms with Gasteiger partial charge in [-0.2, -0.15) is 0 Å². The number of hydrogen-bond acceptors (Lipinski definition) is 2. The van der Waals surface area contributed by atoms with Crippen LogP contribution in [-0.2, 0) is 14.1 Å². The lowest BCUT2D eigenvalue weighted by Crippen LogP contribution is -2.32. The van der Waals surface area contributed by atoms with Gasteiger partial charge in [-0.05, 0) is 12.8 Å². The van der Waals surface area contributed by atoms with E-state index in [4.69, 9.17) is 5.73 Å². The fourth-order valence-corrected chi connectivity index (χ4v) is 2.51. The molecule has 2 N–H and O–H groups in total. The standard InChI is InChI=1S/C11H19N3O/c1-13-10(7-11(15)14(13)2)8-5-3-4-6-9(8)12/h7-9H,3-6,12H2,1-2H3. The second kappa shape index (κ2) is 3.85. The Bertz CT molecular complexity index is 404. The van der Waals surface area contributed by atoms with Crippen LogP contribution in [0.1, 0.15) is 37.3 Å². The highest BCUT2D eigenvalue weighted by atomic mass is 16.1. The zero-order valence-electron chi connectivity index (χ0n) is 9.44. The van der Waals surface area contributed by atoms with Gasteiger partial charge in [-0.25, -0.2) is 0 Å². The highest BCUT2D eigenvalue weighted by molar-refractivity contribution is 5.12. The van der Waals surface area contributed by atoms with E-state index in [-0.39, 0.29) is 11.6 Å². The third kappa shape index (κ3) is 1.74. The van der Waals surface area contributed by atoms with Crippen molar-refractivity contribution < 1.29 is 0 Å². The summed E-state index contributed by atoms with van der Waals surface area (Å²) < 4.78 is 3.56. The summed E-state index contributed by atoms with van der Waals surface area (Å²) in [6.07, 6.45) is 4.63. The van der Waals surface area contributed by atoms with Crippen molar-refractivity contribution in [3.8, 4) is 0 Å². The normalized spacial score (nSPS) is 26.9. The predicted molar refractivity (Wildman–Crippen MR) is 59.8 cm³/mol. The summed E-state index contributed by atoms with van der Waals surface area (Å²) in [4.78, 5) is 11.5. The molecule has 0 bridgehead atoms. The molecule has 1 aromatic heterocycles. The average molecular weight is 209 g/mol. The molecule has 2 atom stereocenters. The van der Waals surface area contributed by atoms with Crippen LogP contribution in [0.5, 0.6) is 0 Å². The fraction of sp³-hybridized carbons (Fsp3) is 0.727. The van der Waals surface area contributed by atoms with Crippen molar-refractivity contribution in [2.45, 2.75) is 37.6 Å². The monoisotopic (exact) mass is 209 g/mol. The summed E-state index contributed by atoms with van der Waals surface area (Å²) >= 11 is 0. The first-order chi connectivity index (χ1) is 7.11. The molecule has 15 heavy (non-hydrogen) atoms. The molecule has 4 nitrogen and oxygen atoms in total. The zero-order chi connectivity index (χ0) is 11.0. The lowest BCUT2D eigenvalue weighted by molar-refractivity contribution is 0.364. The molecule has 1 heterocycles. The molecule has 0 radical (unpaired) electrons. The molecule has 84 valence electrons. The smallest absolute Gasteiger partial charge is 0.266 e. The second-order valence-electron chi connectivity index (χ2n) is 4.51. The van der Waals surface area contributed by atoms with Crippen molar-refractivity contribution in [1.29, 1.82) is 0 Å². The molecule has 0 amide bonds. The maximum atomic E-state index is 11.5. The largest absolute Gasteiger partial charge is 0.327 e. The number of aromatic nitrogens is 2. The van der Waals surface area contributed by atoms with Crippen LogP contribution in [0.25, 0.3) is 0 Å². The zero-order valence-corrected chi connectivity index (χ0v) is 9.44. The molecule has 1 fully saturated rings. The van der Waals surface area contributed by atoms with Gasteiger partial charge in [0.25, 0.3) is 5.56 Å². The van der Waals surface area contributed by atoms with Gasteiger partial charge in [0, 0.05) is 37.8 Å². The average Bonchev–Trinajstić information content (AvgIpc) is 2.47. The van der Waals surface area contributed by atoms with Crippen LogP contribution in [0.4, 0.5) is 0 Å². The van der Waals surface area contributed by atoms with Crippen LogP contribution >= 0.6 is 0 Å². The maximum Gasteiger partial charge on any atom is 0.266 e. The lowest BCUT2D eigenvalue weighted by Gasteiger charge is -2.28. The molecule has 1 aliphatic carbocycles. The topological polar surface area (TPSA) is 52.9 Å². The predicted octanol–water partition coefficient (Wildman–Crippen LogP) is 0.709. The van der Waals surface area contributed by atoms with E-state index in [9.17, 15) is 4.79 Å². The summed E-state index contributed by atoms with van der Waals surface area (Å²) in [5, 5.41) is 0. The Hall–Kier alpha value is -1.03. The van der Waals surface area contributed by atoms with Crippen LogP contribution in [0.3, 0.4) is 0 Å². The Balaban J connectivity index is 2.35. The van der Waals surface area contributed by atoms with Gasteiger partial charge >= 0.3 is 0 Å². The van der Waals surface area contributed by atoms with Gasteiger partial charge in [-0.15, -0.1) is 0 Å². The quantitative estimate of drug-likeness (QED) is 0.740. The number of nitrogens with two attached hydrogens (primary N) is 1. The third-order valence-corrected chi connectivity index (χ3v) is 3.61. The Morgan fingerprint density at radius 3 is 2.47 bits per heavy atom. The molecular weight excluding hydrogens is 190 g/mol. The molecule has 2 unspecified atom stereocenters. The van der Waals surface area contributed by atoms with E-state index in [1.165, 1.54) is 12.8 Å². The first-order valence-corrected chi connectivity index (χ1v) is 5.59. The second-order valence-corrected chi connectivity index (χ2v) is 4.51. The summed E-state index contributed by atoms with van der Waals surface area (Å²) in [6, 6.07) is 1.95. The Morgan fingerprint density at radius 1 is 1.27 bits per heavy atom. The molecule has 1 aliphatic rings. The molecule has 1 aromatic rings. The molecular formula is C11H19N3O. The molecule has 0 saturated heterocycles. The molecule has 0 aromatic carbocycles. The Labute approximate surface area is 89.7 Å². The van der Waals surface area contributed by atoms with Gasteiger partial charge < -0.3 is 5.73 Å². The summed E-state index contributed by atoms with van der Waals surface area (Å²) in [5.74, 6) is 0.359. The van der Waals surface area contributed by atoms with Crippen LogP contribution in [0.15, 0.2) is 10.9 Å². The van der Waals surface area contributed by atoms with Gasteiger partial charge in [0.1, 0.15) is 0 Å². The van der Waals surface area contributed by atoms with E-state index in [1.54, 1.807) is 17.8 Å². The number of hydrogen-bond donors (Lipinski definition) is 1. The number of rotatable bonds is 1. The van der Waals surface area contributed by atoms with Crippen molar-refractivity contribution in [1.82, 2.24) is 9.36 Å². The van der Waals surface area contributed by atoms with Crippen molar-refractivity contribution in [3.63, 3.8) is 0 Å².